The third-order valence-electron chi connectivity index (χ3n) is 3.71. The maximum Gasteiger partial charge on any atom is 0.123 e. The van der Waals surface area contributed by atoms with Crippen molar-refractivity contribution in [3.05, 3.63) is 71.5 Å². The number of rotatable bonds is 7. The molecule has 0 bridgehead atoms. The van der Waals surface area contributed by atoms with Gasteiger partial charge in [0.05, 0.1) is 0 Å². The van der Waals surface area contributed by atoms with Crippen LogP contribution in [-0.4, -0.2) is 12.6 Å². The average Bonchev–Trinajstić information content (AvgIpc) is 2.48. The molecule has 1 nitrogen and oxygen atoms in total. The fourth-order valence-corrected chi connectivity index (χ4v) is 2.52. The van der Waals surface area contributed by atoms with Crippen molar-refractivity contribution in [2.45, 2.75) is 38.6 Å². The molecule has 0 amide bonds. The Morgan fingerprint density at radius 3 is 2.43 bits per heavy atom. The highest BCUT2D eigenvalue weighted by atomic mass is 19.1. The second-order valence-corrected chi connectivity index (χ2v) is 5.84. The van der Waals surface area contributed by atoms with Crippen LogP contribution in [0.3, 0.4) is 0 Å². The van der Waals surface area contributed by atoms with Gasteiger partial charge in [-0.2, -0.15) is 0 Å². The van der Waals surface area contributed by atoms with Crippen LogP contribution in [0.1, 0.15) is 37.3 Å². The third-order valence-corrected chi connectivity index (χ3v) is 3.71. The average molecular weight is 285 g/mol. The molecule has 0 radical (unpaired) electrons. The summed E-state index contributed by atoms with van der Waals surface area (Å²) in [4.78, 5) is 0. The fourth-order valence-electron chi connectivity index (χ4n) is 2.52. The molecule has 0 saturated heterocycles. The summed E-state index contributed by atoms with van der Waals surface area (Å²) in [6, 6.07) is 18.0. The van der Waals surface area contributed by atoms with Crippen molar-refractivity contribution in [2.75, 3.05) is 6.54 Å². The van der Waals surface area contributed by atoms with Gasteiger partial charge in [-0.05, 0) is 42.0 Å². The Kier molecular flexibility index (Phi) is 5.94. The summed E-state index contributed by atoms with van der Waals surface area (Å²) < 4.78 is 13.3. The summed E-state index contributed by atoms with van der Waals surface area (Å²) in [5.74, 6) is 0.306. The third kappa shape index (κ3) is 5.31. The van der Waals surface area contributed by atoms with E-state index in [-0.39, 0.29) is 5.82 Å². The molecule has 2 aromatic carbocycles. The van der Waals surface area contributed by atoms with Gasteiger partial charge in [0.1, 0.15) is 5.82 Å². The quantitative estimate of drug-likeness (QED) is 0.787. The van der Waals surface area contributed by atoms with Crippen LogP contribution in [0.5, 0.6) is 0 Å². The molecule has 0 spiro atoms. The Hall–Kier alpha value is -1.67. The largest absolute Gasteiger partial charge is 0.314 e. The van der Waals surface area contributed by atoms with Crippen molar-refractivity contribution in [2.24, 2.45) is 0 Å². The molecule has 0 heterocycles. The molecule has 2 heteroatoms. The predicted octanol–water partition coefficient (Wildman–Crippen LogP) is 4.54. The van der Waals surface area contributed by atoms with Gasteiger partial charge in [-0.15, -0.1) is 0 Å². The first kappa shape index (κ1) is 15.7. The molecule has 0 saturated carbocycles. The summed E-state index contributed by atoms with van der Waals surface area (Å²) >= 11 is 0. The monoisotopic (exact) mass is 285 g/mol. The molecule has 1 atom stereocenters. The molecule has 0 aliphatic heterocycles. The van der Waals surface area contributed by atoms with Gasteiger partial charge in [0, 0.05) is 12.6 Å². The van der Waals surface area contributed by atoms with Gasteiger partial charge in [0.15, 0.2) is 0 Å². The van der Waals surface area contributed by atoms with Crippen LogP contribution >= 0.6 is 0 Å². The van der Waals surface area contributed by atoms with Gasteiger partial charge >= 0.3 is 0 Å². The number of hydrogen-bond acceptors (Lipinski definition) is 1. The van der Waals surface area contributed by atoms with Crippen LogP contribution < -0.4 is 5.32 Å². The molecule has 0 fully saturated rings. The first-order valence-corrected chi connectivity index (χ1v) is 7.68. The lowest BCUT2D eigenvalue weighted by Gasteiger charge is -2.20. The van der Waals surface area contributed by atoms with Gasteiger partial charge in [0.2, 0.25) is 0 Å². The first-order chi connectivity index (χ1) is 10.1. The SMILES string of the molecule is CC(C)NCC(CCc1cccc(F)c1)c1ccccc1. The van der Waals surface area contributed by atoms with Crippen LogP contribution in [0, 0.1) is 5.82 Å². The van der Waals surface area contributed by atoms with E-state index in [4.69, 9.17) is 0 Å². The van der Waals surface area contributed by atoms with Gasteiger partial charge in [0.25, 0.3) is 0 Å². The van der Waals surface area contributed by atoms with E-state index in [2.05, 4.69) is 43.4 Å². The molecule has 1 N–H and O–H groups in total. The Labute approximate surface area is 127 Å². The minimum absolute atomic E-state index is 0.149. The topological polar surface area (TPSA) is 12.0 Å². The maximum absolute atomic E-state index is 13.3. The normalized spacial score (nSPS) is 12.6. The molecule has 0 aliphatic carbocycles. The lowest BCUT2D eigenvalue weighted by atomic mass is 9.92. The highest BCUT2D eigenvalue weighted by molar-refractivity contribution is 5.22. The van der Waals surface area contributed by atoms with E-state index in [0.717, 1.165) is 24.9 Å². The smallest absolute Gasteiger partial charge is 0.123 e. The van der Waals surface area contributed by atoms with Crippen molar-refractivity contribution < 1.29 is 4.39 Å². The van der Waals surface area contributed by atoms with E-state index in [1.807, 2.05) is 12.1 Å². The number of aryl methyl sites for hydroxylation is 1. The Balaban J connectivity index is 2.02. The van der Waals surface area contributed by atoms with E-state index in [1.165, 1.54) is 11.6 Å². The zero-order chi connectivity index (χ0) is 15.1. The molecule has 112 valence electrons. The summed E-state index contributed by atoms with van der Waals surface area (Å²) in [6.45, 7) is 5.28. The van der Waals surface area contributed by atoms with Crippen molar-refractivity contribution in [1.82, 2.24) is 5.32 Å². The van der Waals surface area contributed by atoms with Crippen LogP contribution in [-0.2, 0) is 6.42 Å². The zero-order valence-corrected chi connectivity index (χ0v) is 12.9. The summed E-state index contributed by atoms with van der Waals surface area (Å²) in [5, 5.41) is 3.52. The molecule has 2 aromatic rings. The van der Waals surface area contributed by atoms with Crippen LogP contribution in [0.25, 0.3) is 0 Å². The second kappa shape index (κ2) is 7.94. The number of benzene rings is 2. The first-order valence-electron chi connectivity index (χ1n) is 7.68. The summed E-state index contributed by atoms with van der Waals surface area (Å²) in [7, 11) is 0. The Morgan fingerprint density at radius 2 is 1.76 bits per heavy atom. The number of halogens is 1. The highest BCUT2D eigenvalue weighted by Crippen LogP contribution is 2.21. The van der Waals surface area contributed by atoms with E-state index >= 15 is 0 Å². The molecule has 21 heavy (non-hydrogen) atoms. The van der Waals surface area contributed by atoms with Crippen molar-refractivity contribution in [3.63, 3.8) is 0 Å². The van der Waals surface area contributed by atoms with Crippen LogP contribution in [0.4, 0.5) is 4.39 Å². The van der Waals surface area contributed by atoms with Gasteiger partial charge in [-0.3, -0.25) is 0 Å². The van der Waals surface area contributed by atoms with Gasteiger partial charge in [-0.1, -0.05) is 56.3 Å². The Morgan fingerprint density at radius 1 is 1.00 bits per heavy atom. The summed E-state index contributed by atoms with van der Waals surface area (Å²) in [6.07, 6.45) is 1.92. The number of nitrogens with one attached hydrogen (secondary N) is 1. The van der Waals surface area contributed by atoms with E-state index in [9.17, 15) is 4.39 Å². The van der Waals surface area contributed by atoms with Gasteiger partial charge in [-0.25, -0.2) is 4.39 Å². The molecular weight excluding hydrogens is 261 g/mol. The minimum atomic E-state index is -0.149. The van der Waals surface area contributed by atoms with E-state index in [0.29, 0.717) is 12.0 Å². The lowest BCUT2D eigenvalue weighted by molar-refractivity contribution is 0.508. The highest BCUT2D eigenvalue weighted by Gasteiger charge is 2.12. The molecule has 0 aliphatic rings. The maximum atomic E-state index is 13.3. The van der Waals surface area contributed by atoms with Crippen molar-refractivity contribution in [1.29, 1.82) is 0 Å². The Bertz CT molecular complexity index is 536. The zero-order valence-electron chi connectivity index (χ0n) is 12.9. The second-order valence-electron chi connectivity index (χ2n) is 5.84. The van der Waals surface area contributed by atoms with E-state index in [1.54, 1.807) is 12.1 Å². The van der Waals surface area contributed by atoms with Crippen molar-refractivity contribution >= 4 is 0 Å². The van der Waals surface area contributed by atoms with E-state index < -0.39 is 0 Å². The fraction of sp³-hybridized carbons (Fsp3) is 0.368. The molecular formula is C19H24FN. The summed E-state index contributed by atoms with van der Waals surface area (Å²) in [5.41, 5.74) is 2.42. The molecule has 2 rings (SSSR count). The minimum Gasteiger partial charge on any atom is -0.314 e. The lowest BCUT2D eigenvalue weighted by Crippen LogP contribution is -2.28. The predicted molar refractivity (Wildman–Crippen MR) is 87.0 cm³/mol. The molecule has 0 aromatic heterocycles. The van der Waals surface area contributed by atoms with Crippen LogP contribution in [0.15, 0.2) is 54.6 Å². The number of hydrogen-bond donors (Lipinski definition) is 1. The van der Waals surface area contributed by atoms with Crippen LogP contribution in [0.2, 0.25) is 0 Å². The van der Waals surface area contributed by atoms with Crippen molar-refractivity contribution in [3.8, 4) is 0 Å². The molecule has 1 unspecified atom stereocenters. The standard InChI is InChI=1S/C19H24FN/c1-15(2)21-14-18(17-8-4-3-5-9-17)12-11-16-7-6-10-19(20)13-16/h3-10,13,15,18,21H,11-12,14H2,1-2H3. The van der Waals surface area contributed by atoms with Gasteiger partial charge < -0.3 is 5.32 Å².